The van der Waals surface area contributed by atoms with Crippen LogP contribution in [-0.2, 0) is 11.2 Å². The van der Waals surface area contributed by atoms with Gasteiger partial charge < -0.3 is 10.3 Å². The summed E-state index contributed by atoms with van der Waals surface area (Å²) in [5.74, 6) is -1.21. The quantitative estimate of drug-likeness (QED) is 0.482. The maximum absolute atomic E-state index is 10.7. The van der Waals surface area contributed by atoms with E-state index in [-0.39, 0.29) is 12.1 Å². The maximum Gasteiger partial charge on any atom is 0.354 e. The van der Waals surface area contributed by atoms with E-state index in [1.54, 1.807) is 0 Å². The number of hydrogen-bond donors (Lipinski definition) is 2. The van der Waals surface area contributed by atoms with Crippen LogP contribution in [0.15, 0.2) is 47.6 Å². The van der Waals surface area contributed by atoms with Gasteiger partial charge in [0, 0.05) is 6.42 Å². The predicted octanol–water partition coefficient (Wildman–Crippen LogP) is 2.30. The van der Waals surface area contributed by atoms with Gasteiger partial charge in [0.1, 0.15) is 0 Å². The number of carboxylic acid groups (broad SMARTS) is 1. The summed E-state index contributed by atoms with van der Waals surface area (Å²) < 4.78 is 0. The molecule has 0 radical (unpaired) electrons. The molecule has 4 heteroatoms. The van der Waals surface area contributed by atoms with Crippen LogP contribution in [-0.4, -0.2) is 22.0 Å². The van der Waals surface area contributed by atoms with E-state index in [0.717, 1.165) is 16.3 Å². The zero-order valence-corrected chi connectivity index (χ0v) is 9.00. The average Bonchev–Trinajstić information content (AvgIpc) is 2.35. The Bertz CT molecular complexity index is 590. The molecule has 0 saturated carbocycles. The van der Waals surface area contributed by atoms with Crippen molar-refractivity contribution in [2.75, 3.05) is 0 Å². The Labute approximate surface area is 97.8 Å². The summed E-state index contributed by atoms with van der Waals surface area (Å²) in [4.78, 5) is 10.7. The molecule has 0 spiro atoms. The SMILES string of the molecule is O=C(O)/C(Cc1ccc2ccccc2c1)=N\O. The second-order valence-corrected chi connectivity index (χ2v) is 3.71. The van der Waals surface area contributed by atoms with Crippen LogP contribution in [0.4, 0.5) is 0 Å². The van der Waals surface area contributed by atoms with Crippen molar-refractivity contribution >= 4 is 22.5 Å². The Balaban J connectivity index is 2.34. The molecule has 0 aliphatic heterocycles. The van der Waals surface area contributed by atoms with Crippen molar-refractivity contribution in [2.24, 2.45) is 5.16 Å². The molecule has 4 nitrogen and oxygen atoms in total. The Hall–Kier alpha value is -2.36. The smallest absolute Gasteiger partial charge is 0.354 e. The third-order valence-electron chi connectivity index (χ3n) is 2.55. The highest BCUT2D eigenvalue weighted by molar-refractivity contribution is 6.35. The van der Waals surface area contributed by atoms with E-state index in [1.165, 1.54) is 0 Å². The molecule has 17 heavy (non-hydrogen) atoms. The van der Waals surface area contributed by atoms with E-state index >= 15 is 0 Å². The molecule has 2 N–H and O–H groups in total. The third kappa shape index (κ3) is 2.42. The van der Waals surface area contributed by atoms with Gasteiger partial charge in [-0.1, -0.05) is 47.6 Å². The van der Waals surface area contributed by atoms with Gasteiger partial charge in [-0.15, -0.1) is 0 Å². The Morgan fingerprint density at radius 2 is 1.82 bits per heavy atom. The van der Waals surface area contributed by atoms with E-state index in [1.807, 2.05) is 42.5 Å². The van der Waals surface area contributed by atoms with Crippen LogP contribution < -0.4 is 0 Å². The predicted molar refractivity (Wildman–Crippen MR) is 64.5 cm³/mol. The molecule has 0 heterocycles. The summed E-state index contributed by atoms with van der Waals surface area (Å²) in [6, 6.07) is 13.4. The zero-order valence-electron chi connectivity index (χ0n) is 9.00. The summed E-state index contributed by atoms with van der Waals surface area (Å²) in [6.07, 6.45) is 0.108. The van der Waals surface area contributed by atoms with E-state index in [0.29, 0.717) is 0 Å². The highest BCUT2D eigenvalue weighted by Crippen LogP contribution is 2.16. The number of benzene rings is 2. The van der Waals surface area contributed by atoms with Crippen molar-refractivity contribution in [3.63, 3.8) is 0 Å². The Kier molecular flexibility index (Phi) is 3.05. The van der Waals surface area contributed by atoms with Crippen molar-refractivity contribution in [1.82, 2.24) is 0 Å². The lowest BCUT2D eigenvalue weighted by Crippen LogP contribution is -2.15. The first-order valence-electron chi connectivity index (χ1n) is 5.12. The number of hydrogen-bond acceptors (Lipinski definition) is 3. The summed E-state index contributed by atoms with van der Waals surface area (Å²) in [5.41, 5.74) is 0.541. The van der Waals surface area contributed by atoms with Gasteiger partial charge in [-0.05, 0) is 16.3 Å². The molecule has 0 atom stereocenters. The molecule has 0 saturated heterocycles. The molecule has 0 aliphatic rings. The summed E-state index contributed by atoms with van der Waals surface area (Å²) in [6.45, 7) is 0. The normalized spacial score (nSPS) is 11.6. The van der Waals surface area contributed by atoms with Crippen molar-refractivity contribution in [2.45, 2.75) is 6.42 Å². The number of oxime groups is 1. The van der Waals surface area contributed by atoms with Gasteiger partial charge in [0.2, 0.25) is 0 Å². The van der Waals surface area contributed by atoms with Gasteiger partial charge in [-0.3, -0.25) is 0 Å². The van der Waals surface area contributed by atoms with E-state index < -0.39 is 5.97 Å². The van der Waals surface area contributed by atoms with Crippen LogP contribution in [0, 0.1) is 0 Å². The first kappa shape index (κ1) is 11.1. The van der Waals surface area contributed by atoms with E-state index in [4.69, 9.17) is 10.3 Å². The van der Waals surface area contributed by atoms with Crippen LogP contribution in [0.5, 0.6) is 0 Å². The average molecular weight is 229 g/mol. The van der Waals surface area contributed by atoms with Gasteiger partial charge in [-0.25, -0.2) is 4.79 Å². The van der Waals surface area contributed by atoms with Gasteiger partial charge in [-0.2, -0.15) is 0 Å². The summed E-state index contributed by atoms with van der Waals surface area (Å²) in [5, 5.41) is 22.2. The molecular formula is C13H11NO3. The first-order chi connectivity index (χ1) is 8.20. The second-order valence-electron chi connectivity index (χ2n) is 3.71. The Morgan fingerprint density at radius 1 is 1.12 bits per heavy atom. The minimum absolute atomic E-state index is 0.108. The fourth-order valence-corrected chi connectivity index (χ4v) is 1.70. The molecule has 0 aromatic heterocycles. The highest BCUT2D eigenvalue weighted by atomic mass is 16.4. The molecule has 2 aromatic rings. The molecule has 86 valence electrons. The van der Waals surface area contributed by atoms with Crippen LogP contribution in [0.1, 0.15) is 5.56 Å². The number of carboxylic acids is 1. The van der Waals surface area contributed by atoms with Crippen LogP contribution >= 0.6 is 0 Å². The highest BCUT2D eigenvalue weighted by Gasteiger charge is 2.11. The Morgan fingerprint density at radius 3 is 2.47 bits per heavy atom. The van der Waals surface area contributed by atoms with Crippen LogP contribution in [0.25, 0.3) is 10.8 Å². The molecule has 0 amide bonds. The molecular weight excluding hydrogens is 218 g/mol. The van der Waals surface area contributed by atoms with Crippen LogP contribution in [0.3, 0.4) is 0 Å². The molecule has 0 aliphatic carbocycles. The lowest BCUT2D eigenvalue weighted by atomic mass is 10.0. The zero-order chi connectivity index (χ0) is 12.3. The van der Waals surface area contributed by atoms with Crippen molar-refractivity contribution in [1.29, 1.82) is 0 Å². The lowest BCUT2D eigenvalue weighted by Gasteiger charge is -2.03. The minimum atomic E-state index is -1.21. The standard InChI is InChI=1S/C13H11NO3/c15-13(16)12(14-17)8-9-5-6-10-3-1-2-4-11(10)7-9/h1-7,17H,8H2,(H,15,16)/b14-12-. The minimum Gasteiger partial charge on any atom is -0.477 e. The number of rotatable bonds is 3. The van der Waals surface area contributed by atoms with Crippen molar-refractivity contribution in [3.05, 3.63) is 48.0 Å². The fraction of sp³-hybridized carbons (Fsp3) is 0.0769. The second kappa shape index (κ2) is 4.65. The van der Waals surface area contributed by atoms with Crippen molar-refractivity contribution < 1.29 is 15.1 Å². The lowest BCUT2D eigenvalue weighted by molar-refractivity contribution is -0.129. The largest absolute Gasteiger partial charge is 0.477 e. The third-order valence-corrected chi connectivity index (χ3v) is 2.55. The number of fused-ring (bicyclic) bond motifs is 1. The molecule has 2 aromatic carbocycles. The van der Waals surface area contributed by atoms with Crippen LogP contribution in [0.2, 0.25) is 0 Å². The molecule has 0 fully saturated rings. The van der Waals surface area contributed by atoms with Gasteiger partial charge in [0.15, 0.2) is 5.71 Å². The van der Waals surface area contributed by atoms with E-state index in [9.17, 15) is 4.79 Å². The summed E-state index contributed by atoms with van der Waals surface area (Å²) >= 11 is 0. The molecule has 2 rings (SSSR count). The number of carbonyl (C=O) groups is 1. The maximum atomic E-state index is 10.7. The van der Waals surface area contributed by atoms with Crippen molar-refractivity contribution in [3.8, 4) is 0 Å². The van der Waals surface area contributed by atoms with Gasteiger partial charge >= 0.3 is 5.97 Å². The van der Waals surface area contributed by atoms with Gasteiger partial charge in [0.25, 0.3) is 0 Å². The monoisotopic (exact) mass is 229 g/mol. The number of nitrogens with zero attached hydrogens (tertiary/aromatic N) is 1. The fourth-order valence-electron chi connectivity index (χ4n) is 1.70. The molecule has 0 bridgehead atoms. The summed E-state index contributed by atoms with van der Waals surface area (Å²) in [7, 11) is 0. The topological polar surface area (TPSA) is 69.9 Å². The first-order valence-corrected chi connectivity index (χ1v) is 5.12. The van der Waals surface area contributed by atoms with E-state index in [2.05, 4.69) is 5.16 Å². The number of aliphatic carboxylic acids is 1. The van der Waals surface area contributed by atoms with Gasteiger partial charge in [0.05, 0.1) is 0 Å². The molecule has 0 unspecified atom stereocenters.